The van der Waals surface area contributed by atoms with Gasteiger partial charge in [0.15, 0.2) is 0 Å². The third-order valence-electron chi connectivity index (χ3n) is 4.06. The summed E-state index contributed by atoms with van der Waals surface area (Å²) in [6.07, 6.45) is 2.00. The van der Waals surface area contributed by atoms with E-state index >= 15 is 0 Å². The van der Waals surface area contributed by atoms with Crippen molar-refractivity contribution in [2.24, 2.45) is 0 Å². The fourth-order valence-electron chi connectivity index (χ4n) is 2.56. The molecule has 1 fully saturated rings. The largest absolute Gasteiger partial charge is 0.324 e. The number of rotatable bonds is 5. The van der Waals surface area contributed by atoms with Crippen molar-refractivity contribution in [1.29, 1.82) is 0 Å². The van der Waals surface area contributed by atoms with Gasteiger partial charge in [-0.3, -0.25) is 4.79 Å². The minimum Gasteiger partial charge on any atom is -0.324 e. The smallest absolute Gasteiger partial charge is 0.322 e. The highest BCUT2D eigenvalue weighted by atomic mass is 32.1. The molecule has 0 aliphatic heterocycles. The summed E-state index contributed by atoms with van der Waals surface area (Å²) in [6.45, 7) is 3.91. The van der Waals surface area contributed by atoms with Crippen LogP contribution in [0.15, 0.2) is 29.6 Å². The van der Waals surface area contributed by atoms with Gasteiger partial charge in [-0.1, -0.05) is 0 Å². The monoisotopic (exact) mass is 361 g/mol. The van der Waals surface area contributed by atoms with Crippen LogP contribution in [0, 0.1) is 12.7 Å². The number of hydrogen-bond donors (Lipinski definition) is 2. The van der Waals surface area contributed by atoms with Gasteiger partial charge in [-0.25, -0.2) is 9.18 Å². The molecule has 0 bridgehead atoms. The van der Waals surface area contributed by atoms with Gasteiger partial charge in [-0.2, -0.15) is 0 Å². The summed E-state index contributed by atoms with van der Waals surface area (Å²) in [5.74, 6) is -0.906. The molecule has 3 rings (SSSR count). The first-order valence-electron chi connectivity index (χ1n) is 8.12. The summed E-state index contributed by atoms with van der Waals surface area (Å²) in [5.41, 5.74) is 1.68. The average Bonchev–Trinajstić information content (AvgIpc) is 3.30. The van der Waals surface area contributed by atoms with Crippen LogP contribution in [0.1, 0.15) is 30.2 Å². The molecular weight excluding hydrogens is 341 g/mol. The number of halogens is 1. The lowest BCUT2D eigenvalue weighted by Crippen LogP contribution is -2.36. The Morgan fingerprint density at radius 2 is 2.04 bits per heavy atom. The van der Waals surface area contributed by atoms with Crippen LogP contribution in [0.3, 0.4) is 0 Å². The number of urea groups is 1. The van der Waals surface area contributed by atoms with E-state index in [-0.39, 0.29) is 23.7 Å². The van der Waals surface area contributed by atoms with Crippen LogP contribution < -0.4 is 10.6 Å². The number of hydrogen-bond acceptors (Lipinski definition) is 3. The first-order valence-corrected chi connectivity index (χ1v) is 8.99. The number of nitrogens with one attached hydrogen (secondary N) is 2. The number of nitrogens with zero attached hydrogens (tertiary/aromatic N) is 1. The van der Waals surface area contributed by atoms with Crippen LogP contribution in [0.2, 0.25) is 0 Å². The van der Waals surface area contributed by atoms with Gasteiger partial charge >= 0.3 is 6.03 Å². The molecule has 132 valence electrons. The molecule has 0 spiro atoms. The lowest BCUT2D eigenvalue weighted by Gasteiger charge is -2.23. The van der Waals surface area contributed by atoms with E-state index in [4.69, 9.17) is 0 Å². The van der Waals surface area contributed by atoms with Gasteiger partial charge in [-0.05, 0) is 55.0 Å². The third kappa shape index (κ3) is 4.36. The number of carbonyl (C=O) groups is 2. The minimum absolute atomic E-state index is 0.0531. The predicted octanol–water partition coefficient (Wildman–Crippen LogP) is 4.35. The number of aryl methyl sites for hydroxylation is 1. The highest BCUT2D eigenvalue weighted by Gasteiger charge is 2.33. The van der Waals surface area contributed by atoms with Crippen LogP contribution in [0.4, 0.5) is 20.6 Å². The lowest BCUT2D eigenvalue weighted by atomic mass is 10.2. The molecule has 1 aromatic heterocycles. The van der Waals surface area contributed by atoms with E-state index in [9.17, 15) is 14.0 Å². The van der Waals surface area contributed by atoms with Crippen molar-refractivity contribution in [3.05, 3.63) is 45.9 Å². The van der Waals surface area contributed by atoms with Crippen molar-refractivity contribution in [1.82, 2.24) is 4.90 Å². The topological polar surface area (TPSA) is 61.4 Å². The van der Waals surface area contributed by atoms with Crippen molar-refractivity contribution < 1.29 is 14.0 Å². The highest BCUT2D eigenvalue weighted by Crippen LogP contribution is 2.31. The second kappa shape index (κ2) is 7.23. The van der Waals surface area contributed by atoms with Crippen molar-refractivity contribution in [2.75, 3.05) is 10.6 Å². The van der Waals surface area contributed by atoms with E-state index in [2.05, 4.69) is 10.6 Å². The zero-order valence-electron chi connectivity index (χ0n) is 14.1. The second-order valence-electron chi connectivity index (χ2n) is 6.19. The van der Waals surface area contributed by atoms with Gasteiger partial charge in [0, 0.05) is 23.5 Å². The van der Waals surface area contributed by atoms with Crippen molar-refractivity contribution in [3.63, 3.8) is 0 Å². The molecule has 7 heteroatoms. The molecule has 0 radical (unpaired) electrons. The van der Waals surface area contributed by atoms with Crippen molar-refractivity contribution in [3.8, 4) is 0 Å². The Labute approximate surface area is 149 Å². The van der Waals surface area contributed by atoms with Gasteiger partial charge < -0.3 is 15.5 Å². The Balaban J connectivity index is 1.73. The maximum absolute atomic E-state index is 13.7. The predicted molar refractivity (Wildman–Crippen MR) is 97.3 cm³/mol. The summed E-state index contributed by atoms with van der Waals surface area (Å²) in [7, 11) is 0. The lowest BCUT2D eigenvalue weighted by molar-refractivity contribution is -0.114. The summed E-state index contributed by atoms with van der Waals surface area (Å²) < 4.78 is 13.7. The molecule has 2 aromatic rings. The molecule has 0 unspecified atom stereocenters. The van der Waals surface area contributed by atoms with Crippen LogP contribution in [-0.4, -0.2) is 22.9 Å². The molecule has 25 heavy (non-hydrogen) atoms. The normalized spacial score (nSPS) is 13.4. The Bertz CT molecular complexity index is 801. The fourth-order valence-corrected chi connectivity index (χ4v) is 3.46. The average molecular weight is 361 g/mol. The number of thiophene rings is 1. The van der Waals surface area contributed by atoms with E-state index in [0.717, 1.165) is 12.8 Å². The summed E-state index contributed by atoms with van der Waals surface area (Å²) in [4.78, 5) is 26.8. The Morgan fingerprint density at radius 3 is 2.64 bits per heavy atom. The first-order chi connectivity index (χ1) is 11.9. The maximum atomic E-state index is 13.7. The van der Waals surface area contributed by atoms with Crippen molar-refractivity contribution >= 4 is 34.6 Å². The van der Waals surface area contributed by atoms with E-state index in [0.29, 0.717) is 12.2 Å². The van der Waals surface area contributed by atoms with Gasteiger partial charge in [-0.15, -0.1) is 11.3 Å². The molecule has 1 aromatic carbocycles. The standard InChI is InChI=1S/C18H20FN3O2S/c1-11-7-8-25-17(11)10-22(14-4-5-14)18(24)21-13-3-6-15(19)16(9-13)20-12(2)23/h3,6-9,14H,4-5,10H2,1-2H3,(H,20,23)(H,21,24). The fraction of sp³-hybridized carbons (Fsp3) is 0.333. The summed E-state index contributed by atoms with van der Waals surface area (Å²) >= 11 is 1.64. The van der Waals surface area contributed by atoms with Crippen LogP contribution in [0.5, 0.6) is 0 Å². The Morgan fingerprint density at radius 1 is 1.28 bits per heavy atom. The Hall–Kier alpha value is -2.41. The quantitative estimate of drug-likeness (QED) is 0.832. The van der Waals surface area contributed by atoms with Crippen LogP contribution in [0.25, 0.3) is 0 Å². The van der Waals surface area contributed by atoms with E-state index in [1.54, 1.807) is 11.3 Å². The van der Waals surface area contributed by atoms with Crippen molar-refractivity contribution in [2.45, 2.75) is 39.3 Å². The summed E-state index contributed by atoms with van der Waals surface area (Å²) in [6, 6.07) is 6.22. The van der Waals surface area contributed by atoms with Crippen LogP contribution in [-0.2, 0) is 11.3 Å². The number of amides is 3. The second-order valence-corrected chi connectivity index (χ2v) is 7.19. The molecule has 3 amide bonds. The number of benzene rings is 1. The molecule has 1 aliphatic carbocycles. The molecule has 1 aliphatic rings. The van der Waals surface area contributed by atoms with E-state index < -0.39 is 5.82 Å². The molecule has 5 nitrogen and oxygen atoms in total. The maximum Gasteiger partial charge on any atom is 0.322 e. The van der Waals surface area contributed by atoms with Gasteiger partial charge in [0.1, 0.15) is 5.82 Å². The van der Waals surface area contributed by atoms with E-state index in [1.807, 2.05) is 23.3 Å². The van der Waals surface area contributed by atoms with Gasteiger partial charge in [0.25, 0.3) is 0 Å². The summed E-state index contributed by atoms with van der Waals surface area (Å²) in [5, 5.41) is 7.25. The first kappa shape index (κ1) is 17.4. The van der Waals surface area contributed by atoms with E-state index in [1.165, 1.54) is 35.6 Å². The Kier molecular flexibility index (Phi) is 5.03. The zero-order valence-corrected chi connectivity index (χ0v) is 15.0. The highest BCUT2D eigenvalue weighted by molar-refractivity contribution is 7.10. The van der Waals surface area contributed by atoms with Crippen LogP contribution >= 0.6 is 11.3 Å². The van der Waals surface area contributed by atoms with Gasteiger partial charge in [0.2, 0.25) is 5.91 Å². The third-order valence-corrected chi connectivity index (χ3v) is 5.07. The molecular formula is C18H20FN3O2S. The number of anilines is 2. The zero-order chi connectivity index (χ0) is 18.0. The molecule has 2 N–H and O–H groups in total. The molecule has 0 saturated heterocycles. The minimum atomic E-state index is -0.540. The molecule has 1 heterocycles. The molecule has 1 saturated carbocycles. The number of carbonyl (C=O) groups excluding carboxylic acids is 2. The SMILES string of the molecule is CC(=O)Nc1cc(NC(=O)N(Cc2sccc2C)C2CC2)ccc1F. The molecule has 0 atom stereocenters. The van der Waals surface area contributed by atoms with Gasteiger partial charge in [0.05, 0.1) is 12.2 Å².